The van der Waals surface area contributed by atoms with Crippen molar-refractivity contribution < 1.29 is 38.2 Å². The summed E-state index contributed by atoms with van der Waals surface area (Å²) in [6.07, 6.45) is -1.08. The Bertz CT molecular complexity index is 1900. The minimum atomic E-state index is -0.906. The van der Waals surface area contributed by atoms with Crippen molar-refractivity contribution in [1.82, 2.24) is 10.6 Å². The van der Waals surface area contributed by atoms with Gasteiger partial charge in [0.15, 0.2) is 5.78 Å². The van der Waals surface area contributed by atoms with Crippen molar-refractivity contribution in [2.24, 2.45) is 17.6 Å². The molecule has 54 heavy (non-hydrogen) atoms. The number of primary amides is 1. The quantitative estimate of drug-likeness (QED) is 0.0529. The zero-order chi connectivity index (χ0) is 38.6. The number of hydrogen-bond donors (Lipinski definition) is 4. The first-order valence-electron chi connectivity index (χ1n) is 18.0. The van der Waals surface area contributed by atoms with Gasteiger partial charge in [0.05, 0.1) is 6.04 Å². The number of urea groups is 1. The number of rotatable bonds is 16. The summed E-state index contributed by atoms with van der Waals surface area (Å²) in [5.74, 6) is -1.57. The van der Waals surface area contributed by atoms with Gasteiger partial charge in [-0.2, -0.15) is 0 Å². The number of benzene rings is 4. The highest BCUT2D eigenvalue weighted by atomic mass is 16.7. The summed E-state index contributed by atoms with van der Waals surface area (Å²) in [7, 11) is 0. The number of carbonyl (C=O) groups is 5. The van der Waals surface area contributed by atoms with E-state index in [0.717, 1.165) is 27.8 Å². The molecule has 0 aliphatic heterocycles. The van der Waals surface area contributed by atoms with Crippen LogP contribution in [-0.2, 0) is 25.7 Å². The van der Waals surface area contributed by atoms with Crippen molar-refractivity contribution in [2.45, 2.75) is 58.6 Å². The summed E-state index contributed by atoms with van der Waals surface area (Å²) >= 11 is 0. The fraction of sp³-hybridized carbons (Fsp3) is 0.310. The second-order valence-corrected chi connectivity index (χ2v) is 13.6. The van der Waals surface area contributed by atoms with E-state index < -0.39 is 36.1 Å². The van der Waals surface area contributed by atoms with E-state index in [4.69, 9.17) is 19.9 Å². The number of alkyl carbamates (subject to hydrolysis) is 1. The molecule has 0 radical (unpaired) electrons. The molecule has 1 aliphatic carbocycles. The van der Waals surface area contributed by atoms with Gasteiger partial charge in [-0.1, -0.05) is 92.2 Å². The molecule has 0 spiro atoms. The van der Waals surface area contributed by atoms with E-state index in [1.807, 2.05) is 69.3 Å². The molecule has 0 bridgehead atoms. The molecule has 282 valence electrons. The average molecular weight is 735 g/mol. The zero-order valence-electron chi connectivity index (χ0n) is 30.6. The lowest BCUT2D eigenvalue weighted by atomic mass is 9.89. The van der Waals surface area contributed by atoms with Crippen LogP contribution in [0.4, 0.5) is 20.1 Å². The Balaban J connectivity index is 1.17. The van der Waals surface area contributed by atoms with E-state index in [2.05, 4.69) is 28.1 Å². The third kappa shape index (κ3) is 10.7. The van der Waals surface area contributed by atoms with Gasteiger partial charge in [-0.05, 0) is 77.8 Å². The molecule has 0 aromatic heterocycles. The first-order valence-corrected chi connectivity index (χ1v) is 18.0. The minimum Gasteiger partial charge on any atom is -0.449 e. The highest BCUT2D eigenvalue weighted by Gasteiger charge is 2.32. The van der Waals surface area contributed by atoms with Gasteiger partial charge in [-0.3, -0.25) is 9.59 Å². The molecule has 4 aromatic rings. The van der Waals surface area contributed by atoms with Gasteiger partial charge in [-0.25, -0.2) is 14.4 Å². The van der Waals surface area contributed by atoms with Crippen molar-refractivity contribution >= 4 is 35.7 Å². The van der Waals surface area contributed by atoms with Crippen molar-refractivity contribution in [2.75, 3.05) is 18.5 Å². The second kappa shape index (κ2) is 18.5. The number of amides is 4. The van der Waals surface area contributed by atoms with Gasteiger partial charge in [0.25, 0.3) is 0 Å². The summed E-state index contributed by atoms with van der Waals surface area (Å²) in [6, 6.07) is 28.1. The summed E-state index contributed by atoms with van der Waals surface area (Å²) in [6.45, 7) is 5.82. The van der Waals surface area contributed by atoms with Gasteiger partial charge < -0.3 is 35.9 Å². The maximum Gasteiger partial charge on any atom is 0.514 e. The van der Waals surface area contributed by atoms with Crippen molar-refractivity contribution in [3.63, 3.8) is 0 Å². The number of nitrogens with one attached hydrogen (secondary N) is 3. The monoisotopic (exact) mass is 734 g/mol. The van der Waals surface area contributed by atoms with Gasteiger partial charge in [0.1, 0.15) is 19.0 Å². The maximum absolute atomic E-state index is 13.7. The van der Waals surface area contributed by atoms with Crippen molar-refractivity contribution in [3.05, 3.63) is 119 Å². The summed E-state index contributed by atoms with van der Waals surface area (Å²) in [5, 5.41) is 8.11. The van der Waals surface area contributed by atoms with Crippen molar-refractivity contribution in [1.29, 1.82) is 0 Å². The standard InChI is InChI=1S/C42H46N4O8/c1-26(2)38(46-41(50)52-25-36-34-12-6-4-10-32(34)33-11-5-7-13-35(33)36)37(47)23-29(9-8-22-44-40(43)49)39(48)45-30-18-16-28(17-19-30)24-53-42(51)54-31-20-14-27(3)15-21-31/h4-7,10-21,26,29,36,38H,8-9,22-25H2,1-3H3,(H,45,48)(H,46,50)(H3,43,44,49)/t29-,38+/m1/s1. The SMILES string of the molecule is Cc1ccc(OC(=O)OCc2ccc(NC(=O)[C@H](CCCNC(N)=O)CC(=O)[C@@H](NC(=O)OCC3c4ccccc4-c4ccccc43)C(C)C)cc2)cc1. The minimum absolute atomic E-state index is 0.0455. The number of hydrogen-bond acceptors (Lipinski definition) is 8. The molecule has 0 fully saturated rings. The molecule has 12 nitrogen and oxygen atoms in total. The van der Waals surface area contributed by atoms with Crippen LogP contribution < -0.4 is 26.4 Å². The number of fused-ring (bicyclic) bond motifs is 3. The molecule has 0 heterocycles. The van der Waals surface area contributed by atoms with E-state index in [1.165, 1.54) is 0 Å². The summed E-state index contributed by atoms with van der Waals surface area (Å²) in [4.78, 5) is 63.8. The first-order chi connectivity index (χ1) is 26.0. The maximum atomic E-state index is 13.7. The predicted molar refractivity (Wildman–Crippen MR) is 204 cm³/mol. The lowest BCUT2D eigenvalue weighted by Crippen LogP contribution is -2.46. The lowest BCUT2D eigenvalue weighted by Gasteiger charge is -2.24. The Kier molecular flexibility index (Phi) is 13.4. The Hall–Kier alpha value is -6.17. The molecule has 5 rings (SSSR count). The van der Waals surface area contributed by atoms with Gasteiger partial charge in [0, 0.05) is 30.5 Å². The highest BCUT2D eigenvalue weighted by molar-refractivity contribution is 5.97. The molecule has 5 N–H and O–H groups in total. The van der Waals surface area contributed by atoms with E-state index in [-0.39, 0.29) is 50.2 Å². The molecule has 1 aliphatic rings. The molecule has 12 heteroatoms. The van der Waals surface area contributed by atoms with Crippen LogP contribution in [-0.4, -0.2) is 49.2 Å². The molecule has 0 unspecified atom stereocenters. The molecule has 4 aromatic carbocycles. The van der Waals surface area contributed by atoms with E-state index in [1.54, 1.807) is 36.4 Å². The van der Waals surface area contributed by atoms with Crippen LogP contribution in [0.15, 0.2) is 97.1 Å². The molecule has 0 saturated heterocycles. The van der Waals surface area contributed by atoms with Crippen molar-refractivity contribution in [3.8, 4) is 16.9 Å². The number of aryl methyl sites for hydroxylation is 1. The van der Waals surface area contributed by atoms with E-state index >= 15 is 0 Å². The molecule has 2 atom stereocenters. The van der Waals surface area contributed by atoms with E-state index in [9.17, 15) is 24.0 Å². The molecule has 0 saturated carbocycles. The average Bonchev–Trinajstić information content (AvgIpc) is 3.48. The number of anilines is 1. The lowest BCUT2D eigenvalue weighted by molar-refractivity contribution is -0.128. The van der Waals surface area contributed by atoms with Crippen LogP contribution in [0.3, 0.4) is 0 Å². The topological polar surface area (TPSA) is 175 Å². The normalized spacial score (nSPS) is 12.8. The fourth-order valence-electron chi connectivity index (χ4n) is 6.44. The smallest absolute Gasteiger partial charge is 0.449 e. The second-order valence-electron chi connectivity index (χ2n) is 13.6. The largest absolute Gasteiger partial charge is 0.514 e. The van der Waals surface area contributed by atoms with Gasteiger partial charge in [-0.15, -0.1) is 0 Å². The molecular formula is C42H46N4O8. The number of ether oxygens (including phenoxy) is 3. The Morgan fingerprint density at radius 3 is 2.04 bits per heavy atom. The molecular weight excluding hydrogens is 688 g/mol. The number of Topliss-reactive ketones (excluding diaryl/α,β-unsaturated/α-hetero) is 1. The third-order valence-corrected chi connectivity index (χ3v) is 9.28. The van der Waals surface area contributed by atoms with Crippen LogP contribution in [0.5, 0.6) is 5.75 Å². The number of carbonyl (C=O) groups excluding carboxylic acids is 5. The highest BCUT2D eigenvalue weighted by Crippen LogP contribution is 2.44. The van der Waals surface area contributed by atoms with Crippen LogP contribution in [0.25, 0.3) is 11.1 Å². The predicted octanol–water partition coefficient (Wildman–Crippen LogP) is 7.24. The molecule has 4 amide bonds. The Labute approximate surface area is 314 Å². The van der Waals surface area contributed by atoms with Gasteiger partial charge in [0.2, 0.25) is 5.91 Å². The third-order valence-electron chi connectivity index (χ3n) is 9.28. The summed E-state index contributed by atoms with van der Waals surface area (Å²) < 4.78 is 16.1. The van der Waals surface area contributed by atoms with Crippen LogP contribution >= 0.6 is 0 Å². The summed E-state index contributed by atoms with van der Waals surface area (Å²) in [5.41, 5.74) is 11.7. The van der Waals surface area contributed by atoms with Crippen LogP contribution in [0.2, 0.25) is 0 Å². The van der Waals surface area contributed by atoms with Crippen LogP contribution in [0, 0.1) is 18.8 Å². The first kappa shape index (κ1) is 39.0. The Morgan fingerprint density at radius 2 is 1.43 bits per heavy atom. The van der Waals surface area contributed by atoms with E-state index in [0.29, 0.717) is 23.4 Å². The van der Waals surface area contributed by atoms with Gasteiger partial charge >= 0.3 is 18.3 Å². The Morgan fingerprint density at radius 1 is 0.796 bits per heavy atom. The number of nitrogens with two attached hydrogens (primary N) is 1. The zero-order valence-corrected chi connectivity index (χ0v) is 30.6. The van der Waals surface area contributed by atoms with Crippen LogP contribution in [0.1, 0.15) is 61.3 Å². The fourth-order valence-corrected chi connectivity index (χ4v) is 6.44. The number of ketones is 1.